The molecule has 0 unspecified atom stereocenters. The van der Waals surface area contributed by atoms with E-state index in [0.717, 1.165) is 32.5 Å². The van der Waals surface area contributed by atoms with Crippen LogP contribution in [0.1, 0.15) is 23.2 Å². The van der Waals surface area contributed by atoms with Gasteiger partial charge in [0.05, 0.1) is 0 Å². The standard InChI is InChI=1S/C13H17BrN2O2/c1-18-9-10-3-6-16(7-4-10)13(17)11-2-5-15-12(14)8-11/h2,5,8,10H,3-4,6-7,9H2,1H3. The number of carbonyl (C=O) groups excluding carboxylic acids is 1. The summed E-state index contributed by atoms with van der Waals surface area (Å²) in [5.41, 5.74) is 0.696. The van der Waals surface area contributed by atoms with Gasteiger partial charge in [-0.15, -0.1) is 0 Å². The van der Waals surface area contributed by atoms with Gasteiger partial charge in [0.15, 0.2) is 0 Å². The smallest absolute Gasteiger partial charge is 0.254 e. The molecule has 5 heteroatoms. The van der Waals surface area contributed by atoms with E-state index in [4.69, 9.17) is 4.74 Å². The van der Waals surface area contributed by atoms with Crippen molar-refractivity contribution in [2.45, 2.75) is 12.8 Å². The lowest BCUT2D eigenvalue weighted by atomic mass is 9.97. The van der Waals surface area contributed by atoms with Crippen LogP contribution >= 0.6 is 15.9 Å². The molecule has 1 aliphatic heterocycles. The minimum atomic E-state index is 0.0916. The van der Waals surface area contributed by atoms with Crippen LogP contribution in [0.4, 0.5) is 0 Å². The summed E-state index contributed by atoms with van der Waals surface area (Å²) in [6, 6.07) is 3.53. The predicted molar refractivity (Wildman–Crippen MR) is 72.4 cm³/mol. The Kier molecular flexibility index (Phi) is 4.72. The first kappa shape index (κ1) is 13.5. The average molecular weight is 313 g/mol. The van der Waals surface area contributed by atoms with Crippen molar-refractivity contribution in [3.05, 3.63) is 28.5 Å². The molecule has 0 atom stereocenters. The highest BCUT2D eigenvalue weighted by molar-refractivity contribution is 9.10. The number of ether oxygens (including phenoxy) is 1. The number of nitrogens with zero attached hydrogens (tertiary/aromatic N) is 2. The van der Waals surface area contributed by atoms with Crippen molar-refractivity contribution in [2.24, 2.45) is 5.92 Å². The molecular weight excluding hydrogens is 296 g/mol. The molecule has 2 rings (SSSR count). The normalized spacial score (nSPS) is 16.9. The van der Waals surface area contributed by atoms with E-state index in [1.807, 2.05) is 4.90 Å². The number of halogens is 1. The number of pyridine rings is 1. The van der Waals surface area contributed by atoms with Gasteiger partial charge in [0.2, 0.25) is 0 Å². The first-order valence-electron chi connectivity index (χ1n) is 6.10. The van der Waals surface area contributed by atoms with Gasteiger partial charge >= 0.3 is 0 Å². The van der Waals surface area contributed by atoms with Crippen molar-refractivity contribution in [3.8, 4) is 0 Å². The van der Waals surface area contributed by atoms with Crippen LogP contribution in [0.15, 0.2) is 22.9 Å². The first-order valence-corrected chi connectivity index (χ1v) is 6.89. The summed E-state index contributed by atoms with van der Waals surface area (Å²) in [6.45, 7) is 2.42. The fourth-order valence-electron chi connectivity index (χ4n) is 2.26. The van der Waals surface area contributed by atoms with Crippen LogP contribution in [0.5, 0.6) is 0 Å². The molecular formula is C13H17BrN2O2. The third-order valence-corrected chi connectivity index (χ3v) is 3.71. The third-order valence-electron chi connectivity index (χ3n) is 3.28. The molecule has 98 valence electrons. The van der Waals surface area contributed by atoms with E-state index in [2.05, 4.69) is 20.9 Å². The van der Waals surface area contributed by atoms with Gasteiger partial charge in [-0.1, -0.05) is 0 Å². The number of hydrogen-bond donors (Lipinski definition) is 0. The number of hydrogen-bond acceptors (Lipinski definition) is 3. The van der Waals surface area contributed by atoms with Gasteiger partial charge in [0, 0.05) is 38.6 Å². The van der Waals surface area contributed by atoms with E-state index in [9.17, 15) is 4.79 Å². The molecule has 0 aromatic carbocycles. The van der Waals surface area contributed by atoms with Crippen molar-refractivity contribution in [1.29, 1.82) is 0 Å². The van der Waals surface area contributed by atoms with Gasteiger partial charge < -0.3 is 9.64 Å². The maximum atomic E-state index is 12.3. The van der Waals surface area contributed by atoms with E-state index in [0.29, 0.717) is 16.1 Å². The molecule has 0 radical (unpaired) electrons. The second kappa shape index (κ2) is 6.29. The Bertz CT molecular complexity index is 417. The quantitative estimate of drug-likeness (QED) is 0.805. The maximum Gasteiger partial charge on any atom is 0.254 e. The second-order valence-corrected chi connectivity index (χ2v) is 5.37. The highest BCUT2D eigenvalue weighted by atomic mass is 79.9. The van der Waals surface area contributed by atoms with Crippen LogP contribution in [0.2, 0.25) is 0 Å². The number of likely N-dealkylation sites (tertiary alicyclic amines) is 1. The van der Waals surface area contributed by atoms with Gasteiger partial charge in [-0.2, -0.15) is 0 Å². The number of rotatable bonds is 3. The highest BCUT2D eigenvalue weighted by Gasteiger charge is 2.23. The summed E-state index contributed by atoms with van der Waals surface area (Å²) in [4.78, 5) is 18.2. The number of aromatic nitrogens is 1. The molecule has 1 saturated heterocycles. The SMILES string of the molecule is COCC1CCN(C(=O)c2ccnc(Br)c2)CC1. The van der Waals surface area contributed by atoms with Gasteiger partial charge in [-0.05, 0) is 46.8 Å². The molecule has 2 heterocycles. The van der Waals surface area contributed by atoms with E-state index in [-0.39, 0.29) is 5.91 Å². The number of amides is 1. The van der Waals surface area contributed by atoms with Crippen molar-refractivity contribution in [1.82, 2.24) is 9.88 Å². The van der Waals surface area contributed by atoms with Crippen LogP contribution in [0.25, 0.3) is 0 Å². The maximum absolute atomic E-state index is 12.3. The third kappa shape index (κ3) is 3.29. The lowest BCUT2D eigenvalue weighted by Crippen LogP contribution is -2.39. The van der Waals surface area contributed by atoms with E-state index >= 15 is 0 Å². The summed E-state index contributed by atoms with van der Waals surface area (Å²) < 4.78 is 5.86. The summed E-state index contributed by atoms with van der Waals surface area (Å²) in [7, 11) is 1.73. The molecule has 0 spiro atoms. The Morgan fingerprint density at radius 1 is 1.56 bits per heavy atom. The van der Waals surface area contributed by atoms with Crippen LogP contribution in [0, 0.1) is 5.92 Å². The minimum Gasteiger partial charge on any atom is -0.384 e. The van der Waals surface area contributed by atoms with Crippen molar-refractivity contribution in [3.63, 3.8) is 0 Å². The number of carbonyl (C=O) groups is 1. The average Bonchev–Trinajstić information content (AvgIpc) is 2.39. The fourth-order valence-corrected chi connectivity index (χ4v) is 2.62. The van der Waals surface area contributed by atoms with Crippen LogP contribution in [0.3, 0.4) is 0 Å². The highest BCUT2D eigenvalue weighted by Crippen LogP contribution is 2.19. The Hall–Kier alpha value is -0.940. The van der Waals surface area contributed by atoms with Gasteiger partial charge in [0.25, 0.3) is 5.91 Å². The zero-order valence-electron chi connectivity index (χ0n) is 10.4. The van der Waals surface area contributed by atoms with Crippen molar-refractivity contribution in [2.75, 3.05) is 26.8 Å². The van der Waals surface area contributed by atoms with E-state index in [1.165, 1.54) is 0 Å². The van der Waals surface area contributed by atoms with Crippen LogP contribution in [-0.2, 0) is 4.74 Å². The summed E-state index contributed by atoms with van der Waals surface area (Å²) in [5, 5.41) is 0. The Balaban J connectivity index is 1.95. The summed E-state index contributed by atoms with van der Waals surface area (Å²) in [5.74, 6) is 0.678. The molecule has 18 heavy (non-hydrogen) atoms. The molecule has 1 fully saturated rings. The topological polar surface area (TPSA) is 42.4 Å². The van der Waals surface area contributed by atoms with Crippen molar-refractivity contribution < 1.29 is 9.53 Å². The van der Waals surface area contributed by atoms with Crippen LogP contribution < -0.4 is 0 Å². The van der Waals surface area contributed by atoms with E-state index < -0.39 is 0 Å². The molecule has 0 saturated carbocycles. The lowest BCUT2D eigenvalue weighted by molar-refractivity contribution is 0.0613. The van der Waals surface area contributed by atoms with Gasteiger partial charge in [-0.25, -0.2) is 4.98 Å². The largest absolute Gasteiger partial charge is 0.384 e. The lowest BCUT2D eigenvalue weighted by Gasteiger charge is -2.31. The minimum absolute atomic E-state index is 0.0916. The molecule has 1 aliphatic rings. The van der Waals surface area contributed by atoms with Crippen LogP contribution in [-0.4, -0.2) is 42.6 Å². The number of piperidine rings is 1. The molecule has 1 amide bonds. The summed E-state index contributed by atoms with van der Waals surface area (Å²) >= 11 is 3.29. The zero-order valence-corrected chi connectivity index (χ0v) is 12.0. The molecule has 4 nitrogen and oxygen atoms in total. The monoisotopic (exact) mass is 312 g/mol. The molecule has 1 aromatic rings. The zero-order chi connectivity index (χ0) is 13.0. The molecule has 0 bridgehead atoms. The first-order chi connectivity index (χ1) is 8.70. The summed E-state index contributed by atoms with van der Waals surface area (Å²) in [6.07, 6.45) is 3.69. The van der Waals surface area contributed by atoms with Crippen molar-refractivity contribution >= 4 is 21.8 Å². The molecule has 0 N–H and O–H groups in total. The van der Waals surface area contributed by atoms with E-state index in [1.54, 1.807) is 25.4 Å². The predicted octanol–water partition coefficient (Wildman–Crippen LogP) is 2.34. The van der Waals surface area contributed by atoms with Gasteiger partial charge in [-0.3, -0.25) is 4.79 Å². The molecule has 1 aromatic heterocycles. The fraction of sp³-hybridized carbons (Fsp3) is 0.538. The Morgan fingerprint density at radius 3 is 2.89 bits per heavy atom. The molecule has 0 aliphatic carbocycles. The van der Waals surface area contributed by atoms with Gasteiger partial charge in [0.1, 0.15) is 4.60 Å². The second-order valence-electron chi connectivity index (χ2n) is 4.56. The Labute approximate surface area is 115 Å². The Morgan fingerprint density at radius 2 is 2.28 bits per heavy atom. The number of methoxy groups -OCH3 is 1.